The summed E-state index contributed by atoms with van der Waals surface area (Å²) in [6.45, 7) is 12.9. The molecule has 0 spiro atoms. The predicted octanol–water partition coefficient (Wildman–Crippen LogP) is 6.97. The van der Waals surface area contributed by atoms with Crippen LogP contribution in [0.3, 0.4) is 0 Å². The Labute approximate surface area is 242 Å². The summed E-state index contributed by atoms with van der Waals surface area (Å²) in [6, 6.07) is 29.4. The van der Waals surface area contributed by atoms with E-state index in [-0.39, 0.29) is 16.4 Å². The van der Waals surface area contributed by atoms with E-state index in [0.29, 0.717) is 26.2 Å². The van der Waals surface area contributed by atoms with Crippen LogP contribution in [0, 0.1) is 11.3 Å². The van der Waals surface area contributed by atoms with Crippen LogP contribution in [0.1, 0.15) is 53.0 Å². The van der Waals surface area contributed by atoms with Gasteiger partial charge in [0.05, 0.1) is 13.7 Å². The number of carbonyl (C=O) groups is 1. The SMILES string of the molecule is COc1ccc(COCC[C@@](C)(/C=C/[C@H](C)CO[Si](c2ccccc2)(c2ccccc2)C(C)(C)C)CC=O)cc1. The van der Waals surface area contributed by atoms with Crippen LogP contribution in [0.5, 0.6) is 5.75 Å². The third kappa shape index (κ3) is 8.26. The zero-order valence-corrected chi connectivity index (χ0v) is 26.1. The first-order chi connectivity index (χ1) is 19.1. The molecule has 3 rings (SSSR count). The Morgan fingerprint density at radius 2 is 1.43 bits per heavy atom. The molecule has 0 fully saturated rings. The van der Waals surface area contributed by atoms with E-state index in [4.69, 9.17) is 13.9 Å². The van der Waals surface area contributed by atoms with Crippen LogP contribution in [0.25, 0.3) is 0 Å². The normalized spacial score (nSPS) is 14.6. The number of hydrogen-bond acceptors (Lipinski definition) is 4. The van der Waals surface area contributed by atoms with Gasteiger partial charge in [-0.05, 0) is 50.9 Å². The second-order valence-electron chi connectivity index (χ2n) is 12.0. The van der Waals surface area contributed by atoms with E-state index in [9.17, 15) is 4.79 Å². The van der Waals surface area contributed by atoms with E-state index >= 15 is 0 Å². The van der Waals surface area contributed by atoms with E-state index in [2.05, 4.69) is 107 Å². The molecule has 0 aliphatic heterocycles. The minimum atomic E-state index is -2.58. The first-order valence-electron chi connectivity index (χ1n) is 14.2. The van der Waals surface area contributed by atoms with Crippen molar-refractivity contribution in [3.05, 3.63) is 103 Å². The monoisotopic (exact) mass is 558 g/mol. The van der Waals surface area contributed by atoms with Gasteiger partial charge in [-0.25, -0.2) is 0 Å². The molecular weight excluding hydrogens is 512 g/mol. The Morgan fingerprint density at radius 1 is 0.850 bits per heavy atom. The van der Waals surface area contributed by atoms with Gasteiger partial charge in [0.15, 0.2) is 0 Å². The molecule has 4 nitrogen and oxygen atoms in total. The van der Waals surface area contributed by atoms with Crippen molar-refractivity contribution in [3.8, 4) is 5.75 Å². The van der Waals surface area contributed by atoms with Crippen LogP contribution >= 0.6 is 0 Å². The van der Waals surface area contributed by atoms with Crippen molar-refractivity contribution in [2.45, 2.75) is 59.1 Å². The van der Waals surface area contributed by atoms with Crippen LogP contribution in [0.4, 0.5) is 0 Å². The highest BCUT2D eigenvalue weighted by atomic mass is 28.4. The third-order valence-electron chi connectivity index (χ3n) is 7.60. The topological polar surface area (TPSA) is 44.8 Å². The Hall–Kier alpha value is -2.99. The van der Waals surface area contributed by atoms with Gasteiger partial charge in [0.1, 0.15) is 12.0 Å². The number of hydrogen-bond donors (Lipinski definition) is 0. The third-order valence-corrected chi connectivity index (χ3v) is 12.6. The highest BCUT2D eigenvalue weighted by molar-refractivity contribution is 6.99. The van der Waals surface area contributed by atoms with E-state index in [0.717, 1.165) is 24.0 Å². The molecule has 40 heavy (non-hydrogen) atoms. The van der Waals surface area contributed by atoms with Gasteiger partial charge in [-0.15, -0.1) is 0 Å². The average Bonchev–Trinajstić information content (AvgIpc) is 2.95. The number of ether oxygens (including phenoxy) is 2. The van der Waals surface area contributed by atoms with Crippen LogP contribution in [-0.2, 0) is 20.6 Å². The molecule has 0 aliphatic rings. The molecule has 0 aromatic heterocycles. The second kappa shape index (κ2) is 14.6. The Kier molecular flexibility index (Phi) is 11.5. The first-order valence-corrected chi connectivity index (χ1v) is 16.1. The largest absolute Gasteiger partial charge is 0.497 e. The molecule has 0 unspecified atom stereocenters. The smallest absolute Gasteiger partial charge is 0.261 e. The number of allylic oxidation sites excluding steroid dienone is 1. The summed E-state index contributed by atoms with van der Waals surface area (Å²) in [6.07, 6.45) is 6.64. The molecule has 3 aromatic carbocycles. The standard InChI is InChI=1S/C35H46O4Si/c1-29(21-22-35(5,23-25-36)24-26-38-28-30-17-19-31(37-6)20-18-30)27-39-40(34(2,3)4,32-13-9-7-10-14-32)33-15-11-8-12-16-33/h7-22,25,29H,23-24,26-28H2,1-6H3/b22-21+/t29-,35-/m0/s1. The van der Waals surface area contributed by atoms with Gasteiger partial charge in [0.25, 0.3) is 8.32 Å². The highest BCUT2D eigenvalue weighted by Gasteiger charge is 2.50. The van der Waals surface area contributed by atoms with Crippen LogP contribution in [-0.4, -0.2) is 34.9 Å². The van der Waals surface area contributed by atoms with Crippen molar-refractivity contribution in [1.29, 1.82) is 0 Å². The lowest BCUT2D eigenvalue weighted by Gasteiger charge is -2.43. The summed E-state index contributed by atoms with van der Waals surface area (Å²) in [4.78, 5) is 11.6. The summed E-state index contributed by atoms with van der Waals surface area (Å²) in [5.74, 6) is 1.02. The summed E-state index contributed by atoms with van der Waals surface area (Å²) in [5.41, 5.74) is 0.829. The molecular formula is C35H46O4Si. The quantitative estimate of drug-likeness (QED) is 0.0875. The lowest BCUT2D eigenvalue weighted by Crippen LogP contribution is -2.66. The first kappa shape index (κ1) is 31.5. The summed E-state index contributed by atoms with van der Waals surface area (Å²) < 4.78 is 18.3. The van der Waals surface area contributed by atoms with Gasteiger partial charge in [0, 0.05) is 19.6 Å². The molecule has 2 atom stereocenters. The maximum absolute atomic E-state index is 11.6. The van der Waals surface area contributed by atoms with Crippen molar-refractivity contribution in [2.75, 3.05) is 20.3 Å². The summed E-state index contributed by atoms with van der Waals surface area (Å²) >= 11 is 0. The molecule has 5 heteroatoms. The fourth-order valence-electron chi connectivity index (χ4n) is 5.13. The number of benzene rings is 3. The molecule has 0 radical (unpaired) electrons. The predicted molar refractivity (Wildman–Crippen MR) is 168 cm³/mol. The van der Waals surface area contributed by atoms with E-state index < -0.39 is 8.32 Å². The summed E-state index contributed by atoms with van der Waals surface area (Å²) in [7, 11) is -0.922. The number of methoxy groups -OCH3 is 1. The second-order valence-corrected chi connectivity index (χ2v) is 16.3. The Balaban J connectivity index is 1.69. The van der Waals surface area contributed by atoms with Gasteiger partial charge >= 0.3 is 0 Å². The number of aldehydes is 1. The van der Waals surface area contributed by atoms with Gasteiger partial charge in [-0.2, -0.15) is 0 Å². The average molecular weight is 559 g/mol. The Bertz CT molecular complexity index is 1150. The molecule has 0 N–H and O–H groups in total. The fraction of sp³-hybridized carbons (Fsp3) is 0.400. The van der Waals surface area contributed by atoms with Gasteiger partial charge < -0.3 is 18.7 Å². The molecule has 0 heterocycles. The molecule has 0 aliphatic carbocycles. The zero-order chi connectivity index (χ0) is 29.1. The van der Waals surface area contributed by atoms with Crippen LogP contribution in [0.2, 0.25) is 5.04 Å². The molecule has 0 amide bonds. The number of rotatable bonds is 15. The van der Waals surface area contributed by atoms with E-state index in [1.54, 1.807) is 7.11 Å². The van der Waals surface area contributed by atoms with Crippen molar-refractivity contribution >= 4 is 25.0 Å². The molecule has 214 valence electrons. The number of carbonyl (C=O) groups excluding carboxylic acids is 1. The summed E-state index contributed by atoms with van der Waals surface area (Å²) in [5, 5.41) is 2.50. The van der Waals surface area contributed by atoms with E-state index in [1.807, 2.05) is 24.3 Å². The van der Waals surface area contributed by atoms with E-state index in [1.165, 1.54) is 10.4 Å². The van der Waals surface area contributed by atoms with Gasteiger partial charge in [-0.3, -0.25) is 0 Å². The van der Waals surface area contributed by atoms with Crippen molar-refractivity contribution in [2.24, 2.45) is 11.3 Å². The minimum absolute atomic E-state index is 0.0631. The highest BCUT2D eigenvalue weighted by Crippen LogP contribution is 2.37. The van der Waals surface area contributed by atoms with Crippen LogP contribution < -0.4 is 15.1 Å². The van der Waals surface area contributed by atoms with Gasteiger partial charge in [-0.1, -0.05) is 120 Å². The lowest BCUT2D eigenvalue weighted by atomic mass is 9.83. The fourth-order valence-corrected chi connectivity index (χ4v) is 9.80. The maximum atomic E-state index is 11.6. The molecule has 0 saturated carbocycles. The van der Waals surface area contributed by atoms with Gasteiger partial charge in [0.2, 0.25) is 0 Å². The van der Waals surface area contributed by atoms with Crippen molar-refractivity contribution in [1.82, 2.24) is 0 Å². The molecule has 0 saturated heterocycles. The zero-order valence-electron chi connectivity index (χ0n) is 25.1. The maximum Gasteiger partial charge on any atom is 0.261 e. The molecule has 3 aromatic rings. The molecule has 0 bridgehead atoms. The minimum Gasteiger partial charge on any atom is -0.497 e. The Morgan fingerprint density at radius 3 is 1.93 bits per heavy atom. The van der Waals surface area contributed by atoms with Crippen LogP contribution in [0.15, 0.2) is 97.1 Å². The van der Waals surface area contributed by atoms with Crippen molar-refractivity contribution in [3.63, 3.8) is 0 Å². The van der Waals surface area contributed by atoms with Crippen molar-refractivity contribution < 1.29 is 18.7 Å². The lowest BCUT2D eigenvalue weighted by molar-refractivity contribution is -0.109.